The SMILES string of the molecule is OCC1C=CC=C1.[Cl][Ti][Cl]. The second-order valence-corrected chi connectivity index (χ2v) is 4.27. The molecule has 0 atom stereocenters. The fourth-order valence-corrected chi connectivity index (χ4v) is 0.600. The van der Waals surface area contributed by atoms with E-state index in [1.807, 2.05) is 24.3 Å². The second-order valence-electron chi connectivity index (χ2n) is 1.69. The van der Waals surface area contributed by atoms with Gasteiger partial charge in [0.15, 0.2) is 0 Å². The number of aliphatic hydroxyl groups is 1. The Kier molecular flexibility index (Phi) is 8.41. The predicted molar refractivity (Wildman–Crippen MR) is 40.6 cm³/mol. The summed E-state index contributed by atoms with van der Waals surface area (Å²) in [4.78, 5) is 0. The Labute approximate surface area is 77.4 Å². The van der Waals surface area contributed by atoms with Crippen molar-refractivity contribution in [3.05, 3.63) is 24.3 Å². The van der Waals surface area contributed by atoms with Crippen molar-refractivity contribution in [3.8, 4) is 0 Å². The molecule has 0 saturated carbocycles. The molecule has 4 heteroatoms. The van der Waals surface area contributed by atoms with Crippen molar-refractivity contribution in [2.24, 2.45) is 5.92 Å². The molecule has 0 fully saturated rings. The zero-order valence-electron chi connectivity index (χ0n) is 5.30. The number of hydrogen-bond acceptors (Lipinski definition) is 1. The molecule has 0 aromatic carbocycles. The van der Waals surface area contributed by atoms with Crippen molar-refractivity contribution in [2.45, 2.75) is 0 Å². The van der Waals surface area contributed by atoms with Gasteiger partial charge in [0, 0.05) is 5.92 Å². The monoisotopic (exact) mass is 214 g/mol. The molecule has 56 valence electrons. The fraction of sp³-hybridized carbons (Fsp3) is 0.333. The summed E-state index contributed by atoms with van der Waals surface area (Å²) in [6.45, 7) is 0.243. The third-order valence-electron chi connectivity index (χ3n) is 1.04. The van der Waals surface area contributed by atoms with Crippen LogP contribution in [0.5, 0.6) is 0 Å². The molecule has 0 aromatic rings. The van der Waals surface area contributed by atoms with Crippen LogP contribution in [-0.4, -0.2) is 11.7 Å². The molecule has 0 saturated heterocycles. The third kappa shape index (κ3) is 5.51. The molecule has 0 unspecified atom stereocenters. The molecule has 10 heavy (non-hydrogen) atoms. The zero-order valence-corrected chi connectivity index (χ0v) is 8.37. The molecule has 1 aliphatic carbocycles. The molecular formula is C6H8Cl2OTi. The van der Waals surface area contributed by atoms with Gasteiger partial charge >= 0.3 is 35.6 Å². The molecule has 1 nitrogen and oxygen atoms in total. The summed E-state index contributed by atoms with van der Waals surface area (Å²) >= 11 is -0.556. The molecule has 0 radical (unpaired) electrons. The number of halogens is 2. The predicted octanol–water partition coefficient (Wildman–Crippen LogP) is 2.10. The van der Waals surface area contributed by atoms with Crippen molar-refractivity contribution in [1.29, 1.82) is 0 Å². The Hall–Kier alpha value is 0.734. The van der Waals surface area contributed by atoms with E-state index in [0.29, 0.717) is 5.92 Å². The minimum absolute atomic E-state index is 0.243. The first-order chi connectivity index (χ1) is 4.85. The quantitative estimate of drug-likeness (QED) is 0.664. The van der Waals surface area contributed by atoms with Crippen LogP contribution in [0, 0.1) is 5.92 Å². The molecule has 0 aliphatic heterocycles. The van der Waals surface area contributed by atoms with Crippen molar-refractivity contribution in [3.63, 3.8) is 0 Å². The number of hydrogen-bond donors (Lipinski definition) is 1. The van der Waals surface area contributed by atoms with Gasteiger partial charge in [-0.1, -0.05) is 24.3 Å². The van der Waals surface area contributed by atoms with E-state index in [-0.39, 0.29) is 6.61 Å². The Morgan fingerprint density at radius 3 is 1.90 bits per heavy atom. The maximum absolute atomic E-state index is 8.46. The number of allylic oxidation sites excluding steroid dienone is 2. The molecule has 1 rings (SSSR count). The van der Waals surface area contributed by atoms with Crippen LogP contribution in [0.4, 0.5) is 0 Å². The fourth-order valence-electron chi connectivity index (χ4n) is 0.600. The van der Waals surface area contributed by atoms with Gasteiger partial charge in [-0.05, 0) is 0 Å². The first-order valence-electron chi connectivity index (χ1n) is 2.77. The van der Waals surface area contributed by atoms with Gasteiger partial charge in [0.25, 0.3) is 0 Å². The molecular weight excluding hydrogens is 207 g/mol. The van der Waals surface area contributed by atoms with E-state index in [1.54, 1.807) is 0 Å². The van der Waals surface area contributed by atoms with E-state index >= 15 is 0 Å². The molecule has 0 amide bonds. The van der Waals surface area contributed by atoms with Gasteiger partial charge in [0.1, 0.15) is 0 Å². The van der Waals surface area contributed by atoms with Crippen molar-refractivity contribution in [2.75, 3.05) is 6.61 Å². The van der Waals surface area contributed by atoms with Crippen molar-refractivity contribution in [1.82, 2.24) is 0 Å². The van der Waals surface area contributed by atoms with Gasteiger partial charge < -0.3 is 5.11 Å². The standard InChI is InChI=1S/C6H8O.2ClH.Ti/c7-5-6-3-1-2-4-6;;;/h1-4,6-7H,5H2;2*1H;/q;;;+2/p-2. The van der Waals surface area contributed by atoms with E-state index in [1.165, 1.54) is 0 Å². The van der Waals surface area contributed by atoms with Crippen LogP contribution in [0.15, 0.2) is 24.3 Å². The van der Waals surface area contributed by atoms with Gasteiger partial charge in [0.2, 0.25) is 0 Å². The van der Waals surface area contributed by atoms with E-state index in [2.05, 4.69) is 0 Å². The van der Waals surface area contributed by atoms with Crippen LogP contribution in [0.2, 0.25) is 0 Å². The minimum atomic E-state index is -0.556. The van der Waals surface area contributed by atoms with Crippen molar-refractivity contribution < 1.29 is 22.1 Å². The molecule has 0 aromatic heterocycles. The average molecular weight is 215 g/mol. The van der Waals surface area contributed by atoms with Crippen LogP contribution in [-0.2, 0) is 17.0 Å². The third-order valence-corrected chi connectivity index (χ3v) is 1.04. The van der Waals surface area contributed by atoms with Gasteiger partial charge in [-0.15, -0.1) is 0 Å². The summed E-state index contributed by atoms with van der Waals surface area (Å²) in [5, 5.41) is 8.46. The van der Waals surface area contributed by atoms with Gasteiger partial charge in [-0.25, -0.2) is 0 Å². The summed E-state index contributed by atoms with van der Waals surface area (Å²) in [6, 6.07) is 0. The van der Waals surface area contributed by atoms with E-state index in [0.717, 1.165) is 0 Å². The van der Waals surface area contributed by atoms with E-state index < -0.39 is 17.0 Å². The summed E-state index contributed by atoms with van der Waals surface area (Å²) in [6.07, 6.45) is 7.84. The van der Waals surface area contributed by atoms with Crippen molar-refractivity contribution >= 4 is 18.6 Å². The van der Waals surface area contributed by atoms with Crippen LogP contribution in [0.25, 0.3) is 0 Å². The first kappa shape index (κ1) is 10.7. The number of aliphatic hydroxyl groups excluding tert-OH is 1. The molecule has 1 N–H and O–H groups in total. The van der Waals surface area contributed by atoms with E-state index in [4.69, 9.17) is 23.7 Å². The van der Waals surface area contributed by atoms with Gasteiger partial charge in [-0.3, -0.25) is 0 Å². The van der Waals surface area contributed by atoms with Gasteiger partial charge in [0.05, 0.1) is 6.61 Å². The normalized spacial score (nSPS) is 14.7. The van der Waals surface area contributed by atoms with Crippen LogP contribution in [0.3, 0.4) is 0 Å². The summed E-state index contributed by atoms with van der Waals surface area (Å²) in [5.41, 5.74) is 0. The first-order valence-corrected chi connectivity index (χ1v) is 7.07. The Bertz CT molecular complexity index is 113. The summed E-state index contributed by atoms with van der Waals surface area (Å²) in [5.74, 6) is 0.292. The molecule has 0 spiro atoms. The Morgan fingerprint density at radius 1 is 1.30 bits per heavy atom. The Morgan fingerprint density at radius 2 is 1.70 bits per heavy atom. The number of rotatable bonds is 1. The maximum atomic E-state index is 8.46. The van der Waals surface area contributed by atoms with Crippen LogP contribution in [0.1, 0.15) is 0 Å². The summed E-state index contributed by atoms with van der Waals surface area (Å²) in [7, 11) is 9.78. The molecule has 0 bridgehead atoms. The van der Waals surface area contributed by atoms with E-state index in [9.17, 15) is 0 Å². The van der Waals surface area contributed by atoms with Crippen LogP contribution >= 0.6 is 18.6 Å². The Balaban J connectivity index is 0.000000236. The topological polar surface area (TPSA) is 20.2 Å². The zero-order chi connectivity index (χ0) is 7.82. The summed E-state index contributed by atoms with van der Waals surface area (Å²) < 4.78 is 0. The second kappa shape index (κ2) is 7.84. The molecule has 1 aliphatic rings. The molecule has 0 heterocycles. The van der Waals surface area contributed by atoms with Crippen LogP contribution < -0.4 is 0 Å². The average Bonchev–Trinajstić information content (AvgIpc) is 2.39. The van der Waals surface area contributed by atoms with Gasteiger partial charge in [-0.2, -0.15) is 0 Å².